The number of nitrogens with zero attached hydrogens (tertiary/aromatic N) is 3. The molecule has 0 amide bonds. The Balaban J connectivity index is 1.64. The summed E-state index contributed by atoms with van der Waals surface area (Å²) in [5.41, 5.74) is 5.44. The number of Topliss-reactive ketones (excluding diaryl/α,β-unsaturated/α-hetero) is 1. The number of hydrogen-bond donors (Lipinski definition) is 1. The number of nitriles is 1. The molecule has 6 nitrogen and oxygen atoms in total. The fourth-order valence-electron chi connectivity index (χ4n) is 4.96. The largest absolute Gasteiger partial charge is 0.379 e. The third kappa shape index (κ3) is 5.65. The second kappa shape index (κ2) is 9.85. The molecule has 0 radical (unpaired) electrons. The van der Waals surface area contributed by atoms with Crippen LogP contribution in [0.15, 0.2) is 30.5 Å². The molecule has 2 aromatic rings. The van der Waals surface area contributed by atoms with Gasteiger partial charge in [0.1, 0.15) is 11.8 Å². The van der Waals surface area contributed by atoms with Gasteiger partial charge in [0.15, 0.2) is 5.82 Å². The van der Waals surface area contributed by atoms with Crippen molar-refractivity contribution in [3.63, 3.8) is 0 Å². The van der Waals surface area contributed by atoms with E-state index in [0.29, 0.717) is 11.1 Å². The van der Waals surface area contributed by atoms with Crippen LogP contribution in [0.4, 0.5) is 0 Å². The molecule has 1 N–H and O–H groups in total. The van der Waals surface area contributed by atoms with E-state index in [9.17, 15) is 4.79 Å². The lowest BCUT2D eigenvalue weighted by atomic mass is 9.75. The lowest BCUT2D eigenvalue weighted by Gasteiger charge is -2.36. The van der Waals surface area contributed by atoms with E-state index in [0.717, 1.165) is 57.7 Å². The summed E-state index contributed by atoms with van der Waals surface area (Å²) in [5.74, 6) is 0.151. The molecule has 0 unspecified atom stereocenters. The zero-order valence-corrected chi connectivity index (χ0v) is 20.9. The quantitative estimate of drug-likeness (QED) is 0.594. The van der Waals surface area contributed by atoms with Crippen LogP contribution in [0.25, 0.3) is 5.57 Å². The maximum Gasteiger partial charge on any atom is 0.202 e. The van der Waals surface area contributed by atoms with Crippen LogP contribution in [0.3, 0.4) is 0 Å². The predicted molar refractivity (Wildman–Crippen MR) is 134 cm³/mol. The number of morpholine rings is 1. The zero-order valence-electron chi connectivity index (χ0n) is 20.9. The zero-order chi connectivity index (χ0) is 24.3. The molecule has 1 fully saturated rings. The number of imidazole rings is 1. The van der Waals surface area contributed by atoms with Crippen molar-refractivity contribution in [1.82, 2.24) is 14.9 Å². The van der Waals surface area contributed by atoms with Gasteiger partial charge in [0.05, 0.1) is 19.4 Å². The molecule has 34 heavy (non-hydrogen) atoms. The number of aromatic nitrogens is 2. The molecular weight excluding hydrogens is 424 g/mol. The Morgan fingerprint density at radius 2 is 2.06 bits per heavy atom. The Hall–Kier alpha value is -2.75. The molecule has 2 heterocycles. The molecule has 0 bridgehead atoms. The maximum absolute atomic E-state index is 13.0. The number of ketones is 1. The van der Waals surface area contributed by atoms with Crippen LogP contribution in [0, 0.1) is 16.7 Å². The molecule has 6 heteroatoms. The van der Waals surface area contributed by atoms with Crippen molar-refractivity contribution in [2.45, 2.75) is 58.8 Å². The van der Waals surface area contributed by atoms with Gasteiger partial charge in [0, 0.05) is 31.5 Å². The standard InChI is InChI=1S/C28H36N4O2/c1-27(2)9-7-20(8-10-27)24-16-22(28(3,4)19-32-11-13-34-14-12-32)6-5-21(24)15-25(33)26-30-18-23(17-29)31-26/h5-7,16,18H,8-15,19H2,1-4H3,(H,30,31). The highest BCUT2D eigenvalue weighted by atomic mass is 16.5. The van der Waals surface area contributed by atoms with Crippen LogP contribution in [0.1, 0.15) is 80.0 Å². The Kier molecular flexibility index (Phi) is 7.06. The van der Waals surface area contributed by atoms with Crippen LogP contribution in [0.5, 0.6) is 0 Å². The van der Waals surface area contributed by atoms with Crippen molar-refractivity contribution in [3.8, 4) is 6.07 Å². The average Bonchev–Trinajstić information content (AvgIpc) is 3.29. The first-order valence-electron chi connectivity index (χ1n) is 12.3. The van der Waals surface area contributed by atoms with Gasteiger partial charge in [-0.1, -0.05) is 52.0 Å². The molecule has 1 aromatic heterocycles. The minimum atomic E-state index is -0.0974. The molecule has 1 aromatic carbocycles. The number of ether oxygens (including phenoxy) is 1. The van der Waals surface area contributed by atoms with E-state index in [1.165, 1.54) is 22.9 Å². The van der Waals surface area contributed by atoms with Crippen molar-refractivity contribution >= 4 is 11.4 Å². The number of rotatable bonds is 7. The number of H-pyrrole nitrogens is 1. The SMILES string of the molecule is CC1(C)CC=C(c2cc(C(C)(C)CN3CCOCC3)ccc2CC(=O)c2ncc(C#N)[nH]2)CC1. The summed E-state index contributed by atoms with van der Waals surface area (Å²) in [6.45, 7) is 13.7. The number of benzene rings is 1. The van der Waals surface area contributed by atoms with Gasteiger partial charge in [0.25, 0.3) is 0 Å². The van der Waals surface area contributed by atoms with Crippen molar-refractivity contribution in [1.29, 1.82) is 5.26 Å². The highest BCUT2D eigenvalue weighted by Crippen LogP contribution is 2.40. The van der Waals surface area contributed by atoms with E-state index < -0.39 is 0 Å². The third-order valence-corrected chi connectivity index (χ3v) is 7.24. The van der Waals surface area contributed by atoms with E-state index >= 15 is 0 Å². The number of aromatic amines is 1. The second-order valence-corrected chi connectivity index (χ2v) is 11.1. The minimum absolute atomic E-state index is 0.0220. The first kappa shape index (κ1) is 24.4. The highest BCUT2D eigenvalue weighted by Gasteiger charge is 2.28. The summed E-state index contributed by atoms with van der Waals surface area (Å²) in [6, 6.07) is 8.63. The Morgan fingerprint density at radius 1 is 1.29 bits per heavy atom. The van der Waals surface area contributed by atoms with Crippen LogP contribution in [-0.2, 0) is 16.6 Å². The van der Waals surface area contributed by atoms with Gasteiger partial charge in [-0.15, -0.1) is 0 Å². The Morgan fingerprint density at radius 3 is 2.71 bits per heavy atom. The molecule has 0 atom stereocenters. The number of carbonyl (C=O) groups is 1. The number of nitrogens with one attached hydrogen (secondary N) is 1. The molecule has 180 valence electrons. The van der Waals surface area contributed by atoms with Gasteiger partial charge in [-0.25, -0.2) is 4.98 Å². The molecule has 1 aliphatic carbocycles. The minimum Gasteiger partial charge on any atom is -0.379 e. The normalized spacial score (nSPS) is 18.9. The van der Waals surface area contributed by atoms with Gasteiger partial charge in [0.2, 0.25) is 5.78 Å². The van der Waals surface area contributed by atoms with Crippen molar-refractivity contribution in [3.05, 3.63) is 58.7 Å². The number of hydrogen-bond acceptors (Lipinski definition) is 5. The Labute approximate surface area is 203 Å². The fraction of sp³-hybridized carbons (Fsp3) is 0.536. The van der Waals surface area contributed by atoms with Crippen molar-refractivity contribution in [2.75, 3.05) is 32.8 Å². The molecule has 4 rings (SSSR count). The molecular formula is C28H36N4O2. The van der Waals surface area contributed by atoms with Crippen LogP contribution < -0.4 is 0 Å². The highest BCUT2D eigenvalue weighted by molar-refractivity contribution is 5.95. The monoisotopic (exact) mass is 460 g/mol. The summed E-state index contributed by atoms with van der Waals surface area (Å²) in [7, 11) is 0. The second-order valence-electron chi connectivity index (χ2n) is 11.1. The summed E-state index contributed by atoms with van der Waals surface area (Å²) in [4.78, 5) is 22.4. The van der Waals surface area contributed by atoms with E-state index in [-0.39, 0.29) is 23.4 Å². The lowest BCUT2D eigenvalue weighted by molar-refractivity contribution is 0.0295. The molecule has 0 spiro atoms. The molecule has 1 aliphatic heterocycles. The third-order valence-electron chi connectivity index (χ3n) is 7.24. The van der Waals surface area contributed by atoms with Crippen LogP contribution in [-0.4, -0.2) is 53.5 Å². The van der Waals surface area contributed by atoms with Gasteiger partial charge in [-0.05, 0) is 46.9 Å². The first-order chi connectivity index (χ1) is 16.2. The summed E-state index contributed by atoms with van der Waals surface area (Å²) in [6.07, 6.45) is 7.24. The van der Waals surface area contributed by atoms with Crippen molar-refractivity contribution < 1.29 is 9.53 Å². The smallest absolute Gasteiger partial charge is 0.202 e. The van der Waals surface area contributed by atoms with E-state index in [1.54, 1.807) is 0 Å². The van der Waals surface area contributed by atoms with Gasteiger partial charge in [-0.2, -0.15) is 5.26 Å². The van der Waals surface area contributed by atoms with Crippen LogP contribution >= 0.6 is 0 Å². The number of carbonyl (C=O) groups excluding carboxylic acids is 1. The average molecular weight is 461 g/mol. The lowest BCUT2D eigenvalue weighted by Crippen LogP contribution is -2.43. The first-order valence-corrected chi connectivity index (χ1v) is 12.3. The molecule has 1 saturated heterocycles. The van der Waals surface area contributed by atoms with Gasteiger partial charge in [-0.3, -0.25) is 9.69 Å². The van der Waals surface area contributed by atoms with Gasteiger partial charge >= 0.3 is 0 Å². The topological polar surface area (TPSA) is 82.0 Å². The van der Waals surface area contributed by atoms with E-state index in [2.05, 4.69) is 66.8 Å². The van der Waals surface area contributed by atoms with E-state index in [4.69, 9.17) is 10.00 Å². The molecule has 2 aliphatic rings. The van der Waals surface area contributed by atoms with Crippen molar-refractivity contribution in [2.24, 2.45) is 5.41 Å². The maximum atomic E-state index is 13.0. The van der Waals surface area contributed by atoms with Gasteiger partial charge < -0.3 is 9.72 Å². The summed E-state index contributed by atoms with van der Waals surface area (Å²) >= 11 is 0. The predicted octanol–water partition coefficient (Wildman–Crippen LogP) is 4.91. The summed E-state index contributed by atoms with van der Waals surface area (Å²) in [5, 5.41) is 9.05. The van der Waals surface area contributed by atoms with E-state index in [1.807, 2.05) is 6.07 Å². The summed E-state index contributed by atoms with van der Waals surface area (Å²) < 4.78 is 5.53. The Bertz CT molecular complexity index is 1110. The number of allylic oxidation sites excluding steroid dienone is 2. The molecule has 0 saturated carbocycles. The van der Waals surface area contributed by atoms with Crippen LogP contribution in [0.2, 0.25) is 0 Å². The fourth-order valence-corrected chi connectivity index (χ4v) is 4.96.